The topological polar surface area (TPSA) is 88.6 Å². The van der Waals surface area contributed by atoms with E-state index < -0.39 is 0 Å². The van der Waals surface area contributed by atoms with Crippen LogP contribution in [0.3, 0.4) is 0 Å². The molecule has 0 radical (unpaired) electrons. The van der Waals surface area contributed by atoms with Gasteiger partial charge in [-0.15, -0.1) is 5.10 Å². The summed E-state index contributed by atoms with van der Waals surface area (Å²) in [7, 11) is 1.61. The van der Waals surface area contributed by atoms with Crippen molar-refractivity contribution in [1.29, 1.82) is 5.26 Å². The Balaban J connectivity index is 1.87. The number of aryl methyl sites for hydroxylation is 1. The van der Waals surface area contributed by atoms with E-state index in [-0.39, 0.29) is 0 Å². The number of nitrogens with zero attached hydrogens (tertiary/aromatic N) is 5. The van der Waals surface area contributed by atoms with Crippen molar-refractivity contribution >= 4 is 5.69 Å². The Bertz CT molecular complexity index is 896. The highest BCUT2D eigenvalue weighted by Crippen LogP contribution is 2.26. The predicted molar refractivity (Wildman–Crippen MR) is 88.9 cm³/mol. The molecule has 24 heavy (non-hydrogen) atoms. The molecule has 0 aliphatic rings. The molecular formula is C17H16N6O. The van der Waals surface area contributed by atoms with Crippen LogP contribution in [-0.4, -0.2) is 27.3 Å². The van der Waals surface area contributed by atoms with Crippen LogP contribution in [0.5, 0.6) is 5.75 Å². The summed E-state index contributed by atoms with van der Waals surface area (Å²) in [5.41, 5.74) is 3.23. The van der Waals surface area contributed by atoms with E-state index in [0.29, 0.717) is 23.7 Å². The number of tetrazole rings is 1. The highest BCUT2D eigenvalue weighted by molar-refractivity contribution is 5.58. The Morgan fingerprint density at radius 1 is 1.25 bits per heavy atom. The van der Waals surface area contributed by atoms with Gasteiger partial charge in [0.05, 0.1) is 18.7 Å². The quantitative estimate of drug-likeness (QED) is 0.777. The second kappa shape index (κ2) is 6.79. The van der Waals surface area contributed by atoms with Gasteiger partial charge >= 0.3 is 0 Å². The second-order valence-electron chi connectivity index (χ2n) is 5.15. The number of hydrogen-bond donors (Lipinski definition) is 1. The minimum atomic E-state index is 0.546. The van der Waals surface area contributed by atoms with Crippen LogP contribution in [-0.2, 0) is 6.54 Å². The van der Waals surface area contributed by atoms with Crippen LogP contribution in [0.25, 0.3) is 5.69 Å². The summed E-state index contributed by atoms with van der Waals surface area (Å²) < 4.78 is 7.01. The van der Waals surface area contributed by atoms with Crippen LogP contribution in [0.2, 0.25) is 0 Å². The highest BCUT2D eigenvalue weighted by atomic mass is 16.5. The third-order valence-electron chi connectivity index (χ3n) is 3.65. The number of hydrogen-bond acceptors (Lipinski definition) is 6. The third kappa shape index (κ3) is 3.03. The summed E-state index contributed by atoms with van der Waals surface area (Å²) in [6.07, 6.45) is 0. The van der Waals surface area contributed by atoms with Crippen molar-refractivity contribution in [2.45, 2.75) is 13.5 Å². The molecule has 120 valence electrons. The first-order chi connectivity index (χ1) is 11.7. The Labute approximate surface area is 139 Å². The number of benzene rings is 2. The van der Waals surface area contributed by atoms with Gasteiger partial charge in [0, 0.05) is 12.2 Å². The van der Waals surface area contributed by atoms with Gasteiger partial charge in [0.2, 0.25) is 0 Å². The first kappa shape index (κ1) is 15.5. The predicted octanol–water partition coefficient (Wildman–Crippen LogP) is 2.46. The lowest BCUT2D eigenvalue weighted by molar-refractivity contribution is 0.411. The molecule has 0 saturated carbocycles. The molecule has 2 aromatic carbocycles. The van der Waals surface area contributed by atoms with Gasteiger partial charge in [-0.25, -0.2) is 0 Å². The van der Waals surface area contributed by atoms with E-state index in [0.717, 1.165) is 16.9 Å². The van der Waals surface area contributed by atoms with Crippen molar-refractivity contribution in [2.75, 3.05) is 12.4 Å². The maximum Gasteiger partial charge on any atom is 0.153 e. The minimum absolute atomic E-state index is 0.546. The molecule has 0 atom stereocenters. The van der Waals surface area contributed by atoms with Crippen LogP contribution in [0, 0.1) is 18.3 Å². The number of nitrogens with one attached hydrogen (secondary N) is 1. The molecular weight excluding hydrogens is 304 g/mol. The molecule has 7 nitrogen and oxygen atoms in total. The van der Waals surface area contributed by atoms with E-state index in [1.807, 2.05) is 43.3 Å². The SMILES string of the molecule is COc1ccc(NCc2ccccc2C#N)cc1-n1nnnc1C. The summed E-state index contributed by atoms with van der Waals surface area (Å²) in [5, 5.41) is 24.0. The Morgan fingerprint density at radius 2 is 2.08 bits per heavy atom. The van der Waals surface area contributed by atoms with Crippen molar-refractivity contribution in [3.63, 3.8) is 0 Å². The maximum atomic E-state index is 9.16. The fourth-order valence-corrected chi connectivity index (χ4v) is 2.40. The highest BCUT2D eigenvalue weighted by Gasteiger charge is 2.11. The van der Waals surface area contributed by atoms with Gasteiger partial charge in [0.1, 0.15) is 11.4 Å². The number of ether oxygens (including phenoxy) is 1. The van der Waals surface area contributed by atoms with Crippen molar-refractivity contribution < 1.29 is 4.74 Å². The first-order valence-corrected chi connectivity index (χ1v) is 7.38. The lowest BCUT2D eigenvalue weighted by Gasteiger charge is -2.13. The monoisotopic (exact) mass is 320 g/mol. The number of nitriles is 1. The molecule has 0 amide bonds. The smallest absolute Gasteiger partial charge is 0.153 e. The van der Waals surface area contributed by atoms with Crippen LogP contribution >= 0.6 is 0 Å². The van der Waals surface area contributed by atoms with Gasteiger partial charge in [-0.2, -0.15) is 9.94 Å². The molecule has 3 rings (SSSR count). The van der Waals surface area contributed by atoms with Crippen molar-refractivity contribution in [3.05, 3.63) is 59.4 Å². The van der Waals surface area contributed by atoms with Crippen LogP contribution in [0.4, 0.5) is 5.69 Å². The number of aromatic nitrogens is 4. The van der Waals surface area contributed by atoms with Crippen molar-refractivity contribution in [2.24, 2.45) is 0 Å². The zero-order valence-electron chi connectivity index (χ0n) is 13.4. The summed E-state index contributed by atoms with van der Waals surface area (Å²) in [4.78, 5) is 0. The Hall–Kier alpha value is -3.40. The molecule has 3 aromatic rings. The largest absolute Gasteiger partial charge is 0.494 e. The van der Waals surface area contributed by atoms with E-state index >= 15 is 0 Å². The lowest BCUT2D eigenvalue weighted by atomic mass is 10.1. The zero-order valence-corrected chi connectivity index (χ0v) is 13.4. The van der Waals surface area contributed by atoms with E-state index in [2.05, 4.69) is 26.9 Å². The molecule has 0 aliphatic heterocycles. The summed E-state index contributed by atoms with van der Waals surface area (Å²) in [6.45, 7) is 2.37. The maximum absolute atomic E-state index is 9.16. The normalized spacial score (nSPS) is 10.2. The molecule has 0 bridgehead atoms. The number of rotatable bonds is 5. The van der Waals surface area contributed by atoms with Gasteiger partial charge < -0.3 is 10.1 Å². The molecule has 0 fully saturated rings. The molecule has 0 aliphatic carbocycles. The van der Waals surface area contributed by atoms with Crippen LogP contribution in [0.15, 0.2) is 42.5 Å². The van der Waals surface area contributed by atoms with Crippen LogP contribution < -0.4 is 10.1 Å². The Morgan fingerprint density at radius 3 is 2.79 bits per heavy atom. The van der Waals surface area contributed by atoms with Gasteiger partial charge in [-0.05, 0) is 47.2 Å². The average Bonchev–Trinajstić information content (AvgIpc) is 3.05. The Kier molecular flexibility index (Phi) is 4.38. The number of anilines is 1. The van der Waals surface area contributed by atoms with Gasteiger partial charge in [-0.1, -0.05) is 18.2 Å². The van der Waals surface area contributed by atoms with Crippen molar-refractivity contribution in [3.8, 4) is 17.5 Å². The second-order valence-corrected chi connectivity index (χ2v) is 5.15. The molecule has 1 N–H and O–H groups in total. The van der Waals surface area contributed by atoms with Gasteiger partial charge in [-0.3, -0.25) is 0 Å². The molecule has 0 spiro atoms. The van der Waals surface area contributed by atoms with Crippen molar-refractivity contribution in [1.82, 2.24) is 20.2 Å². The molecule has 1 aromatic heterocycles. The zero-order chi connectivity index (χ0) is 16.9. The average molecular weight is 320 g/mol. The molecule has 7 heteroatoms. The lowest BCUT2D eigenvalue weighted by Crippen LogP contribution is -2.05. The minimum Gasteiger partial charge on any atom is -0.494 e. The number of methoxy groups -OCH3 is 1. The first-order valence-electron chi connectivity index (χ1n) is 7.38. The fraction of sp³-hybridized carbons (Fsp3) is 0.176. The molecule has 0 saturated heterocycles. The van der Waals surface area contributed by atoms with E-state index in [1.54, 1.807) is 17.9 Å². The fourth-order valence-electron chi connectivity index (χ4n) is 2.40. The van der Waals surface area contributed by atoms with E-state index in [9.17, 15) is 0 Å². The van der Waals surface area contributed by atoms with Crippen LogP contribution in [0.1, 0.15) is 17.0 Å². The third-order valence-corrected chi connectivity index (χ3v) is 3.65. The molecule has 1 heterocycles. The van der Waals surface area contributed by atoms with Gasteiger partial charge in [0.25, 0.3) is 0 Å². The summed E-state index contributed by atoms with van der Waals surface area (Å²) >= 11 is 0. The standard InChI is InChI=1S/C17H16N6O/c1-12-20-21-22-23(12)16-9-15(7-8-17(16)24-2)19-11-14-6-4-3-5-13(14)10-18/h3-9,19H,11H2,1-2H3. The van der Waals surface area contributed by atoms with E-state index in [1.165, 1.54) is 0 Å². The summed E-state index contributed by atoms with van der Waals surface area (Å²) in [6, 6.07) is 15.4. The van der Waals surface area contributed by atoms with Gasteiger partial charge in [0.15, 0.2) is 5.82 Å². The molecule has 0 unspecified atom stereocenters. The summed E-state index contributed by atoms with van der Waals surface area (Å²) in [5.74, 6) is 1.34. The van der Waals surface area contributed by atoms with E-state index in [4.69, 9.17) is 10.00 Å².